The van der Waals surface area contributed by atoms with Crippen molar-refractivity contribution in [3.05, 3.63) is 29.8 Å². The van der Waals surface area contributed by atoms with Crippen LogP contribution in [0.25, 0.3) is 0 Å². The Bertz CT molecular complexity index is 600. The molecule has 5 nitrogen and oxygen atoms in total. The molecule has 0 fully saturated rings. The summed E-state index contributed by atoms with van der Waals surface area (Å²) in [6, 6.07) is 6.10. The maximum Gasteiger partial charge on any atom is 0.307 e. The highest BCUT2D eigenvalue weighted by atomic mass is 32.2. The van der Waals surface area contributed by atoms with Crippen LogP contribution < -0.4 is 4.72 Å². The number of sulfonamides is 1. The summed E-state index contributed by atoms with van der Waals surface area (Å²) in [5.41, 5.74) is 0.408. The largest absolute Gasteiger partial charge is 0.460 e. The minimum Gasteiger partial charge on any atom is -0.460 e. The van der Waals surface area contributed by atoms with Crippen molar-refractivity contribution < 1.29 is 17.9 Å². The summed E-state index contributed by atoms with van der Waals surface area (Å²) < 4.78 is 32.4. The van der Waals surface area contributed by atoms with Crippen molar-refractivity contribution in [3.8, 4) is 0 Å². The molecule has 6 heteroatoms. The molecule has 0 aromatic heterocycles. The fourth-order valence-electron chi connectivity index (χ4n) is 1.86. The van der Waals surface area contributed by atoms with Crippen LogP contribution in [0.5, 0.6) is 0 Å². The second kappa shape index (κ2) is 7.24. The molecule has 0 aliphatic carbocycles. The van der Waals surface area contributed by atoms with E-state index in [9.17, 15) is 13.2 Å². The van der Waals surface area contributed by atoms with Crippen LogP contribution in [0.3, 0.4) is 0 Å². The average molecular weight is 327 g/mol. The van der Waals surface area contributed by atoms with Gasteiger partial charge in [-0.1, -0.05) is 24.6 Å². The molecule has 22 heavy (non-hydrogen) atoms. The van der Waals surface area contributed by atoms with Crippen LogP contribution in [0.15, 0.2) is 29.2 Å². The Morgan fingerprint density at radius 3 is 2.23 bits per heavy atom. The van der Waals surface area contributed by atoms with E-state index in [-0.39, 0.29) is 11.3 Å². The predicted molar refractivity (Wildman–Crippen MR) is 86.0 cm³/mol. The highest BCUT2D eigenvalue weighted by molar-refractivity contribution is 7.89. The molecule has 0 bridgehead atoms. The smallest absolute Gasteiger partial charge is 0.307 e. The third kappa shape index (κ3) is 6.15. The number of ether oxygens (including phenoxy) is 1. The lowest BCUT2D eigenvalue weighted by Gasteiger charge is -2.22. The molecule has 0 spiro atoms. The minimum atomic E-state index is -3.64. The number of hydrogen-bond donors (Lipinski definition) is 1. The zero-order valence-electron chi connectivity index (χ0n) is 13.8. The Morgan fingerprint density at radius 1 is 1.23 bits per heavy atom. The van der Waals surface area contributed by atoms with E-state index >= 15 is 0 Å². The summed E-state index contributed by atoms with van der Waals surface area (Å²) >= 11 is 0. The molecule has 1 unspecified atom stereocenters. The molecule has 124 valence electrons. The number of benzene rings is 1. The molecule has 0 saturated heterocycles. The molecule has 0 saturated carbocycles. The van der Waals surface area contributed by atoms with Gasteiger partial charge in [0.05, 0.1) is 11.3 Å². The van der Waals surface area contributed by atoms with Crippen LogP contribution in [0.2, 0.25) is 0 Å². The van der Waals surface area contributed by atoms with Gasteiger partial charge >= 0.3 is 5.97 Å². The van der Waals surface area contributed by atoms with E-state index in [1.165, 1.54) is 0 Å². The van der Waals surface area contributed by atoms with Gasteiger partial charge in [0.15, 0.2) is 0 Å². The van der Waals surface area contributed by atoms with Crippen molar-refractivity contribution in [1.29, 1.82) is 0 Å². The van der Waals surface area contributed by atoms with Crippen molar-refractivity contribution in [2.45, 2.75) is 64.0 Å². The lowest BCUT2D eigenvalue weighted by atomic mass is 10.1. The topological polar surface area (TPSA) is 72.5 Å². The van der Waals surface area contributed by atoms with Gasteiger partial charge in [-0.25, -0.2) is 13.1 Å². The van der Waals surface area contributed by atoms with Crippen LogP contribution in [-0.2, 0) is 19.6 Å². The normalized spacial score (nSPS) is 13.7. The molecule has 0 amide bonds. The van der Waals surface area contributed by atoms with Gasteiger partial charge in [-0.05, 0) is 46.2 Å². The number of hydrogen-bond acceptors (Lipinski definition) is 4. The summed E-state index contributed by atoms with van der Waals surface area (Å²) in [5.74, 6) is -0.411. The second-order valence-electron chi connectivity index (χ2n) is 6.33. The zero-order valence-corrected chi connectivity index (χ0v) is 14.7. The summed E-state index contributed by atoms with van der Waals surface area (Å²) in [5, 5.41) is 0. The summed E-state index contributed by atoms with van der Waals surface area (Å²) in [6.45, 7) is 9.06. The van der Waals surface area contributed by atoms with Crippen LogP contribution in [0.1, 0.15) is 46.1 Å². The van der Waals surface area contributed by atoms with Gasteiger partial charge in [0, 0.05) is 6.04 Å². The highest BCUT2D eigenvalue weighted by Crippen LogP contribution is 2.14. The number of nitrogens with one attached hydrogen (secondary N) is 1. The first-order chi connectivity index (χ1) is 10.0. The van der Waals surface area contributed by atoms with Crippen LogP contribution >= 0.6 is 0 Å². The first kappa shape index (κ1) is 18.6. The monoisotopic (exact) mass is 327 g/mol. The Hall–Kier alpha value is -1.40. The molecule has 1 atom stereocenters. The van der Waals surface area contributed by atoms with Crippen molar-refractivity contribution in [2.24, 2.45) is 0 Å². The maximum absolute atomic E-state index is 12.3. The summed E-state index contributed by atoms with van der Waals surface area (Å²) in [4.78, 5) is 12.0. The van der Waals surface area contributed by atoms with E-state index in [0.29, 0.717) is 6.42 Å². The molecule has 0 aliphatic heterocycles. The van der Waals surface area contributed by atoms with Crippen molar-refractivity contribution >= 4 is 16.0 Å². The lowest BCUT2D eigenvalue weighted by molar-refractivity contribution is -0.155. The Kier molecular flexibility index (Phi) is 6.14. The van der Waals surface area contributed by atoms with Gasteiger partial charge in [0.2, 0.25) is 10.0 Å². The summed E-state index contributed by atoms with van der Waals surface area (Å²) in [7, 11) is -3.64. The third-order valence-corrected chi connectivity index (χ3v) is 4.52. The number of carbonyl (C=O) groups excluding carboxylic acids is 1. The molecule has 1 aromatic carbocycles. The average Bonchev–Trinajstić information content (AvgIpc) is 2.35. The van der Waals surface area contributed by atoms with Gasteiger partial charge in [-0.2, -0.15) is 0 Å². The Balaban J connectivity index is 2.76. The molecule has 1 N–H and O–H groups in total. The third-order valence-electron chi connectivity index (χ3n) is 2.98. The van der Waals surface area contributed by atoms with Gasteiger partial charge in [-0.3, -0.25) is 4.79 Å². The van der Waals surface area contributed by atoms with Crippen molar-refractivity contribution in [2.75, 3.05) is 0 Å². The zero-order chi connectivity index (χ0) is 17.0. The SMILES string of the molecule is CCC(CC(=O)OC(C)(C)C)NS(=O)(=O)c1ccc(C)cc1. The molecule has 0 heterocycles. The fraction of sp³-hybridized carbons (Fsp3) is 0.562. The quantitative estimate of drug-likeness (QED) is 0.816. The summed E-state index contributed by atoms with van der Waals surface area (Å²) in [6.07, 6.45) is 0.517. The number of carbonyl (C=O) groups is 1. The number of aryl methyl sites for hydroxylation is 1. The number of rotatable bonds is 6. The van der Waals surface area contributed by atoms with Crippen LogP contribution in [0.4, 0.5) is 0 Å². The molecular formula is C16H25NO4S. The first-order valence-electron chi connectivity index (χ1n) is 7.34. The van der Waals surface area contributed by atoms with Crippen LogP contribution in [-0.4, -0.2) is 26.0 Å². The van der Waals surface area contributed by atoms with E-state index in [1.807, 2.05) is 13.8 Å². The first-order valence-corrected chi connectivity index (χ1v) is 8.82. The Labute approximate surface area is 133 Å². The Morgan fingerprint density at radius 2 is 1.77 bits per heavy atom. The van der Waals surface area contributed by atoms with Crippen molar-refractivity contribution in [1.82, 2.24) is 4.72 Å². The van der Waals surface area contributed by atoms with Crippen LogP contribution in [0, 0.1) is 6.92 Å². The van der Waals surface area contributed by atoms with Gasteiger partial charge < -0.3 is 4.74 Å². The molecule has 1 rings (SSSR count). The second-order valence-corrected chi connectivity index (χ2v) is 8.04. The molecule has 0 radical (unpaired) electrons. The maximum atomic E-state index is 12.3. The van der Waals surface area contributed by atoms with Gasteiger partial charge in [-0.15, -0.1) is 0 Å². The standard InChI is InChI=1S/C16H25NO4S/c1-6-13(11-15(18)21-16(3,4)5)17-22(19,20)14-9-7-12(2)8-10-14/h7-10,13,17H,6,11H2,1-5H3. The lowest BCUT2D eigenvalue weighted by Crippen LogP contribution is -2.37. The molecular weight excluding hydrogens is 302 g/mol. The minimum absolute atomic E-state index is 0.0128. The number of esters is 1. The molecule has 0 aliphatic rings. The van der Waals surface area contributed by atoms with E-state index in [2.05, 4.69) is 4.72 Å². The van der Waals surface area contributed by atoms with E-state index in [0.717, 1.165) is 5.56 Å². The fourth-order valence-corrected chi connectivity index (χ4v) is 3.18. The van der Waals surface area contributed by atoms with Crippen molar-refractivity contribution in [3.63, 3.8) is 0 Å². The molecule has 1 aromatic rings. The highest BCUT2D eigenvalue weighted by Gasteiger charge is 2.24. The predicted octanol–water partition coefficient (Wildman–Crippen LogP) is 2.78. The van der Waals surface area contributed by atoms with E-state index < -0.39 is 27.6 Å². The van der Waals surface area contributed by atoms with E-state index in [4.69, 9.17) is 4.74 Å². The van der Waals surface area contributed by atoms with Gasteiger partial charge in [0.25, 0.3) is 0 Å². The van der Waals surface area contributed by atoms with E-state index in [1.54, 1.807) is 45.0 Å². The van der Waals surface area contributed by atoms with Gasteiger partial charge in [0.1, 0.15) is 5.60 Å².